The zero-order valence-corrected chi connectivity index (χ0v) is 12.0. The molecule has 104 valence electrons. The lowest BCUT2D eigenvalue weighted by atomic mass is 9.73. The Bertz CT molecular complexity index is 591. The maximum Gasteiger partial charge on any atom is 0.0468 e. The summed E-state index contributed by atoms with van der Waals surface area (Å²) < 4.78 is 0. The third-order valence-corrected chi connectivity index (χ3v) is 4.49. The maximum absolute atomic E-state index is 5.83. The molecule has 0 saturated heterocycles. The Kier molecular flexibility index (Phi) is 3.86. The van der Waals surface area contributed by atoms with Crippen molar-refractivity contribution < 1.29 is 0 Å². The smallest absolute Gasteiger partial charge is 0.0468 e. The summed E-state index contributed by atoms with van der Waals surface area (Å²) >= 11 is 0. The van der Waals surface area contributed by atoms with Gasteiger partial charge in [0.05, 0.1) is 0 Å². The van der Waals surface area contributed by atoms with Crippen LogP contribution >= 0.6 is 0 Å². The van der Waals surface area contributed by atoms with Gasteiger partial charge in [-0.3, -0.25) is 11.3 Å². The predicted molar refractivity (Wildman–Crippen MR) is 83.4 cm³/mol. The van der Waals surface area contributed by atoms with Gasteiger partial charge in [-0.05, 0) is 47.4 Å². The normalized spacial score (nSPS) is 18.2. The molecule has 2 heteroatoms. The Labute approximate surface area is 121 Å². The first-order valence-electron chi connectivity index (χ1n) is 7.45. The molecule has 0 aromatic heterocycles. The van der Waals surface area contributed by atoms with E-state index in [0.717, 1.165) is 12.8 Å². The minimum absolute atomic E-state index is 0.240. The quantitative estimate of drug-likeness (QED) is 0.642. The van der Waals surface area contributed by atoms with Crippen LogP contribution in [0, 0.1) is 0 Å². The average Bonchev–Trinajstić information content (AvgIpc) is 2.49. The second kappa shape index (κ2) is 5.78. The van der Waals surface area contributed by atoms with E-state index in [-0.39, 0.29) is 6.04 Å². The van der Waals surface area contributed by atoms with Crippen LogP contribution in [0.4, 0.5) is 0 Å². The van der Waals surface area contributed by atoms with Gasteiger partial charge in [-0.1, -0.05) is 55.5 Å². The largest absolute Gasteiger partial charge is 0.271 e. The summed E-state index contributed by atoms with van der Waals surface area (Å²) in [6, 6.07) is 17.6. The molecule has 0 heterocycles. The highest BCUT2D eigenvalue weighted by atomic mass is 15.2. The van der Waals surface area contributed by atoms with Gasteiger partial charge in [0, 0.05) is 6.04 Å². The van der Waals surface area contributed by atoms with Gasteiger partial charge in [0.25, 0.3) is 0 Å². The van der Waals surface area contributed by atoms with Crippen molar-refractivity contribution >= 4 is 0 Å². The van der Waals surface area contributed by atoms with Crippen molar-refractivity contribution in [2.45, 2.75) is 38.1 Å². The highest BCUT2D eigenvalue weighted by Crippen LogP contribution is 2.40. The molecular formula is C18H22N2. The molecular weight excluding hydrogens is 244 g/mol. The Morgan fingerprint density at radius 3 is 2.65 bits per heavy atom. The minimum atomic E-state index is 0.240. The summed E-state index contributed by atoms with van der Waals surface area (Å²) in [5, 5.41) is 0. The third-order valence-electron chi connectivity index (χ3n) is 4.49. The van der Waals surface area contributed by atoms with Crippen LogP contribution in [-0.2, 0) is 12.8 Å². The molecule has 0 radical (unpaired) electrons. The number of hydrogen-bond donors (Lipinski definition) is 2. The Balaban J connectivity index is 1.79. The number of benzene rings is 2. The molecule has 0 aliphatic heterocycles. The van der Waals surface area contributed by atoms with Crippen LogP contribution in [0.1, 0.15) is 47.6 Å². The van der Waals surface area contributed by atoms with Crippen molar-refractivity contribution in [3.8, 4) is 0 Å². The molecule has 0 bridgehead atoms. The summed E-state index contributed by atoms with van der Waals surface area (Å²) in [6.07, 6.45) is 3.31. The molecule has 20 heavy (non-hydrogen) atoms. The number of nitrogens with one attached hydrogen (secondary N) is 1. The lowest BCUT2D eigenvalue weighted by Gasteiger charge is -2.33. The van der Waals surface area contributed by atoms with Gasteiger partial charge >= 0.3 is 0 Å². The van der Waals surface area contributed by atoms with Gasteiger partial charge in [-0.25, -0.2) is 0 Å². The van der Waals surface area contributed by atoms with Crippen molar-refractivity contribution in [3.63, 3.8) is 0 Å². The number of fused-ring (bicyclic) bond motifs is 1. The first-order valence-corrected chi connectivity index (χ1v) is 7.45. The average molecular weight is 266 g/mol. The van der Waals surface area contributed by atoms with Gasteiger partial charge in [0.1, 0.15) is 0 Å². The summed E-state index contributed by atoms with van der Waals surface area (Å²) in [5.74, 6) is 6.46. The molecule has 3 N–H and O–H groups in total. The fraction of sp³-hybridized carbons (Fsp3) is 0.333. The summed E-state index contributed by atoms with van der Waals surface area (Å²) in [7, 11) is 0. The van der Waals surface area contributed by atoms with Crippen molar-refractivity contribution in [2.24, 2.45) is 5.84 Å². The van der Waals surface area contributed by atoms with Crippen LogP contribution in [0.3, 0.4) is 0 Å². The molecule has 0 spiro atoms. The molecule has 0 fully saturated rings. The highest BCUT2D eigenvalue weighted by Gasteiger charge is 2.28. The van der Waals surface area contributed by atoms with Crippen LogP contribution in [0.2, 0.25) is 0 Å². The van der Waals surface area contributed by atoms with Crippen LogP contribution in [0.25, 0.3) is 0 Å². The Morgan fingerprint density at radius 2 is 1.90 bits per heavy atom. The van der Waals surface area contributed by atoms with E-state index in [1.54, 1.807) is 0 Å². The van der Waals surface area contributed by atoms with Crippen molar-refractivity contribution in [3.05, 3.63) is 70.8 Å². The molecule has 1 aliphatic rings. The van der Waals surface area contributed by atoms with Crippen molar-refractivity contribution in [1.82, 2.24) is 5.43 Å². The number of hydrogen-bond acceptors (Lipinski definition) is 2. The molecule has 0 amide bonds. The molecule has 2 aromatic rings. The molecule has 1 aliphatic carbocycles. The van der Waals surface area contributed by atoms with E-state index >= 15 is 0 Å². The Hall–Kier alpha value is -1.64. The fourth-order valence-electron chi connectivity index (χ4n) is 3.34. The first kappa shape index (κ1) is 13.3. The topological polar surface area (TPSA) is 38.0 Å². The van der Waals surface area contributed by atoms with Crippen molar-refractivity contribution in [2.75, 3.05) is 0 Å². The van der Waals surface area contributed by atoms with E-state index < -0.39 is 0 Å². The zero-order chi connectivity index (χ0) is 13.9. The summed E-state index contributed by atoms with van der Waals surface area (Å²) in [4.78, 5) is 0. The molecule has 2 atom stereocenters. The molecule has 2 nitrogen and oxygen atoms in total. The van der Waals surface area contributed by atoms with E-state index in [9.17, 15) is 0 Å². The van der Waals surface area contributed by atoms with Gasteiger partial charge < -0.3 is 0 Å². The van der Waals surface area contributed by atoms with Crippen LogP contribution < -0.4 is 11.3 Å². The zero-order valence-electron chi connectivity index (χ0n) is 12.0. The van der Waals surface area contributed by atoms with Crippen LogP contribution in [-0.4, -0.2) is 0 Å². The number of aryl methyl sites for hydroxylation is 1. The van der Waals surface area contributed by atoms with E-state index in [0.29, 0.717) is 5.92 Å². The lowest BCUT2D eigenvalue weighted by molar-refractivity contribution is 0.433. The maximum atomic E-state index is 5.83. The first-order chi connectivity index (χ1) is 9.83. The number of rotatable bonds is 5. The second-order valence-corrected chi connectivity index (χ2v) is 5.61. The van der Waals surface area contributed by atoms with Gasteiger partial charge in [-0.2, -0.15) is 0 Å². The van der Waals surface area contributed by atoms with Gasteiger partial charge in [0.2, 0.25) is 0 Å². The fourth-order valence-corrected chi connectivity index (χ4v) is 3.34. The van der Waals surface area contributed by atoms with E-state index in [4.69, 9.17) is 5.84 Å². The lowest BCUT2D eigenvalue weighted by Crippen LogP contribution is -2.32. The summed E-state index contributed by atoms with van der Waals surface area (Å²) in [6.45, 7) is 2.20. The molecule has 2 aromatic carbocycles. The molecule has 0 saturated carbocycles. The van der Waals surface area contributed by atoms with Crippen molar-refractivity contribution in [1.29, 1.82) is 0 Å². The van der Waals surface area contributed by atoms with E-state index in [2.05, 4.69) is 60.9 Å². The predicted octanol–water partition coefficient (Wildman–Crippen LogP) is 3.48. The standard InChI is InChI=1S/C18H22N2/c1-2-13-7-3-6-10-17(13)18(20-19)12-15-11-14-8-4-5-9-16(14)15/h3-10,15,18,20H,2,11-12,19H2,1H3. The van der Waals surface area contributed by atoms with Gasteiger partial charge in [-0.15, -0.1) is 0 Å². The highest BCUT2D eigenvalue weighted by molar-refractivity contribution is 5.40. The monoisotopic (exact) mass is 266 g/mol. The Morgan fingerprint density at radius 1 is 1.15 bits per heavy atom. The number of nitrogens with two attached hydrogens (primary N) is 1. The van der Waals surface area contributed by atoms with E-state index in [1.807, 2.05) is 0 Å². The van der Waals surface area contributed by atoms with Crippen LogP contribution in [0.5, 0.6) is 0 Å². The second-order valence-electron chi connectivity index (χ2n) is 5.61. The van der Waals surface area contributed by atoms with Crippen LogP contribution in [0.15, 0.2) is 48.5 Å². The summed E-state index contributed by atoms with van der Waals surface area (Å²) in [5.41, 5.74) is 8.76. The number of hydrazine groups is 1. The van der Waals surface area contributed by atoms with E-state index in [1.165, 1.54) is 28.7 Å². The minimum Gasteiger partial charge on any atom is -0.271 e. The SMILES string of the molecule is CCc1ccccc1C(CC1Cc2ccccc21)NN. The third kappa shape index (κ3) is 2.37. The molecule has 2 unspecified atom stereocenters. The molecule has 3 rings (SSSR count). The van der Waals surface area contributed by atoms with Gasteiger partial charge in [0.15, 0.2) is 0 Å².